The number of nitrogens with zero attached hydrogens (tertiary/aromatic N) is 2. The van der Waals surface area contributed by atoms with Crippen molar-refractivity contribution in [1.29, 1.82) is 0 Å². The van der Waals surface area contributed by atoms with Crippen molar-refractivity contribution in [2.45, 2.75) is 66.3 Å². The predicted octanol–water partition coefficient (Wildman–Crippen LogP) is 3.33. The van der Waals surface area contributed by atoms with Gasteiger partial charge in [-0.1, -0.05) is 12.8 Å². The van der Waals surface area contributed by atoms with Gasteiger partial charge >= 0.3 is 0 Å². The van der Waals surface area contributed by atoms with Crippen LogP contribution < -0.4 is 10.6 Å². The highest BCUT2D eigenvalue weighted by Gasteiger charge is 2.33. The Labute approximate surface area is 151 Å². The van der Waals surface area contributed by atoms with Crippen LogP contribution in [0.1, 0.15) is 63.3 Å². The quantitative estimate of drug-likeness (QED) is 0.406. The molecule has 1 fully saturated rings. The highest BCUT2D eigenvalue weighted by atomic mass is 16.5. The summed E-state index contributed by atoms with van der Waals surface area (Å²) in [6, 6.07) is 0. The monoisotopic (exact) mass is 350 g/mol. The molecule has 0 aliphatic heterocycles. The maximum Gasteiger partial charge on any atom is 0.216 e. The number of aliphatic imine (C=N–C) groups is 1. The van der Waals surface area contributed by atoms with E-state index in [-0.39, 0.29) is 0 Å². The van der Waals surface area contributed by atoms with Gasteiger partial charge in [0.05, 0.1) is 5.69 Å². The van der Waals surface area contributed by atoms with Gasteiger partial charge in [-0.15, -0.1) is 0 Å². The van der Waals surface area contributed by atoms with Gasteiger partial charge < -0.3 is 19.8 Å². The Morgan fingerprint density at radius 2 is 2.00 bits per heavy atom. The molecule has 2 N–H and O–H groups in total. The Morgan fingerprint density at radius 1 is 1.24 bits per heavy atom. The van der Waals surface area contributed by atoms with Gasteiger partial charge in [0.25, 0.3) is 0 Å². The number of hydrogen-bond acceptors (Lipinski definition) is 4. The van der Waals surface area contributed by atoms with Crippen LogP contribution in [-0.2, 0) is 11.3 Å². The summed E-state index contributed by atoms with van der Waals surface area (Å²) >= 11 is 0. The van der Waals surface area contributed by atoms with Crippen LogP contribution in [0.3, 0.4) is 0 Å². The maximum absolute atomic E-state index is 5.62. The minimum absolute atomic E-state index is 0.335. The molecule has 2 rings (SSSR count). The molecule has 6 nitrogen and oxygen atoms in total. The van der Waals surface area contributed by atoms with Gasteiger partial charge in [-0.05, 0) is 52.4 Å². The van der Waals surface area contributed by atoms with Crippen LogP contribution >= 0.6 is 0 Å². The third kappa shape index (κ3) is 6.03. The predicted molar refractivity (Wildman–Crippen MR) is 101 cm³/mol. The number of aryl methyl sites for hydroxylation is 2. The molecule has 0 radical (unpaired) electrons. The summed E-state index contributed by atoms with van der Waals surface area (Å²) in [5.74, 6) is 2.36. The van der Waals surface area contributed by atoms with Crippen molar-refractivity contribution >= 4 is 5.96 Å². The van der Waals surface area contributed by atoms with Crippen LogP contribution in [0.15, 0.2) is 9.41 Å². The average molecular weight is 351 g/mol. The topological polar surface area (TPSA) is 71.7 Å². The lowest BCUT2D eigenvalue weighted by molar-refractivity contribution is 0.105. The third-order valence-electron chi connectivity index (χ3n) is 5.07. The molecule has 1 aliphatic carbocycles. The van der Waals surface area contributed by atoms with Gasteiger partial charge in [0.2, 0.25) is 5.89 Å². The first kappa shape index (κ1) is 19.8. The Balaban J connectivity index is 1.93. The van der Waals surface area contributed by atoms with E-state index < -0.39 is 0 Å². The Morgan fingerprint density at radius 3 is 2.60 bits per heavy atom. The lowest BCUT2D eigenvalue weighted by Gasteiger charge is -2.30. The molecule has 6 heteroatoms. The molecule has 0 bridgehead atoms. The van der Waals surface area contributed by atoms with E-state index >= 15 is 0 Å². The lowest BCUT2D eigenvalue weighted by atomic mass is 9.83. The Kier molecular flexibility index (Phi) is 7.75. The van der Waals surface area contributed by atoms with Crippen LogP contribution in [0.25, 0.3) is 0 Å². The SMILES string of the molecule is CCNC(=NCc1nc(C)c(C)o1)NCC1(CCOCC)CCCC1. The molecule has 0 spiro atoms. The Bertz CT molecular complexity index is 528. The first-order chi connectivity index (χ1) is 12.1. The normalized spacial score (nSPS) is 17.0. The van der Waals surface area contributed by atoms with Gasteiger partial charge in [0.15, 0.2) is 5.96 Å². The first-order valence-electron chi connectivity index (χ1n) is 9.61. The summed E-state index contributed by atoms with van der Waals surface area (Å²) in [5, 5.41) is 6.86. The zero-order valence-electron chi connectivity index (χ0n) is 16.3. The van der Waals surface area contributed by atoms with E-state index in [1.54, 1.807) is 0 Å². The fraction of sp³-hybridized carbons (Fsp3) is 0.789. The highest BCUT2D eigenvalue weighted by molar-refractivity contribution is 5.79. The summed E-state index contributed by atoms with van der Waals surface area (Å²) in [6.45, 7) is 11.9. The minimum Gasteiger partial charge on any atom is -0.444 e. The van der Waals surface area contributed by atoms with Gasteiger partial charge in [-0.3, -0.25) is 0 Å². The van der Waals surface area contributed by atoms with Gasteiger partial charge in [0.1, 0.15) is 12.3 Å². The highest BCUT2D eigenvalue weighted by Crippen LogP contribution is 2.40. The number of aromatic nitrogens is 1. The van der Waals surface area contributed by atoms with Crippen molar-refractivity contribution in [3.8, 4) is 0 Å². The van der Waals surface area contributed by atoms with Gasteiger partial charge in [-0.2, -0.15) is 0 Å². The first-order valence-corrected chi connectivity index (χ1v) is 9.61. The van der Waals surface area contributed by atoms with E-state index in [9.17, 15) is 0 Å². The lowest BCUT2D eigenvalue weighted by Crippen LogP contribution is -2.43. The molecule has 25 heavy (non-hydrogen) atoms. The maximum atomic E-state index is 5.62. The standard InChI is InChI=1S/C19H34N4O2/c1-5-20-18(21-13-17-23-15(3)16(4)25-17)22-14-19(9-7-8-10-19)11-12-24-6-2/h5-14H2,1-4H3,(H2,20,21,22). The minimum atomic E-state index is 0.335. The van der Waals surface area contributed by atoms with E-state index in [2.05, 4.69) is 34.5 Å². The van der Waals surface area contributed by atoms with E-state index in [1.807, 2.05) is 13.8 Å². The average Bonchev–Trinajstić information content (AvgIpc) is 3.18. The molecule has 1 aliphatic rings. The molecule has 142 valence electrons. The van der Waals surface area contributed by atoms with E-state index in [0.29, 0.717) is 17.9 Å². The number of hydrogen-bond donors (Lipinski definition) is 2. The molecular weight excluding hydrogens is 316 g/mol. The van der Waals surface area contributed by atoms with Crippen LogP contribution in [0, 0.1) is 19.3 Å². The molecule has 0 atom stereocenters. The molecule has 1 aromatic rings. The molecule has 1 saturated carbocycles. The van der Waals surface area contributed by atoms with E-state index in [0.717, 1.165) is 50.1 Å². The smallest absolute Gasteiger partial charge is 0.216 e. The van der Waals surface area contributed by atoms with Gasteiger partial charge in [-0.25, -0.2) is 9.98 Å². The van der Waals surface area contributed by atoms with Gasteiger partial charge in [0, 0.05) is 26.3 Å². The van der Waals surface area contributed by atoms with Crippen LogP contribution in [0.5, 0.6) is 0 Å². The third-order valence-corrected chi connectivity index (χ3v) is 5.07. The number of guanidine groups is 1. The van der Waals surface area contributed by atoms with Crippen molar-refractivity contribution < 1.29 is 9.15 Å². The fourth-order valence-corrected chi connectivity index (χ4v) is 3.44. The number of ether oxygens (including phenoxy) is 1. The molecule has 0 saturated heterocycles. The second-order valence-electron chi connectivity index (χ2n) is 6.95. The molecular formula is C19H34N4O2. The zero-order chi connectivity index (χ0) is 18.1. The van der Waals surface area contributed by atoms with Crippen molar-refractivity contribution in [3.05, 3.63) is 17.3 Å². The van der Waals surface area contributed by atoms with Crippen LogP contribution in [0.4, 0.5) is 0 Å². The molecule has 1 heterocycles. The molecule has 0 amide bonds. The zero-order valence-corrected chi connectivity index (χ0v) is 16.3. The van der Waals surface area contributed by atoms with Crippen molar-refractivity contribution in [2.24, 2.45) is 10.4 Å². The number of rotatable bonds is 9. The van der Waals surface area contributed by atoms with Crippen LogP contribution in [-0.4, -0.2) is 37.2 Å². The summed E-state index contributed by atoms with van der Waals surface area (Å²) < 4.78 is 11.2. The summed E-state index contributed by atoms with van der Waals surface area (Å²) in [7, 11) is 0. The molecule has 1 aromatic heterocycles. The summed E-state index contributed by atoms with van der Waals surface area (Å²) in [4.78, 5) is 9.03. The van der Waals surface area contributed by atoms with Crippen molar-refractivity contribution in [1.82, 2.24) is 15.6 Å². The second-order valence-corrected chi connectivity index (χ2v) is 6.95. The molecule has 0 unspecified atom stereocenters. The van der Waals surface area contributed by atoms with Crippen molar-refractivity contribution in [3.63, 3.8) is 0 Å². The molecule has 0 aromatic carbocycles. The van der Waals surface area contributed by atoms with Crippen LogP contribution in [0.2, 0.25) is 0 Å². The van der Waals surface area contributed by atoms with E-state index in [4.69, 9.17) is 9.15 Å². The summed E-state index contributed by atoms with van der Waals surface area (Å²) in [5.41, 5.74) is 1.27. The van der Waals surface area contributed by atoms with E-state index in [1.165, 1.54) is 25.7 Å². The van der Waals surface area contributed by atoms with Crippen molar-refractivity contribution in [2.75, 3.05) is 26.3 Å². The number of nitrogens with one attached hydrogen (secondary N) is 2. The largest absolute Gasteiger partial charge is 0.444 e. The summed E-state index contributed by atoms with van der Waals surface area (Å²) in [6.07, 6.45) is 6.29. The number of oxazole rings is 1. The fourth-order valence-electron chi connectivity index (χ4n) is 3.44. The second kappa shape index (κ2) is 9.80. The Hall–Kier alpha value is -1.56.